The molecular formula is C10H21Cl2O4P. The summed E-state index contributed by atoms with van der Waals surface area (Å²) in [5.41, 5.74) is 0. The van der Waals surface area contributed by atoms with Crippen molar-refractivity contribution in [2.45, 2.75) is 58.3 Å². The van der Waals surface area contributed by atoms with E-state index in [1.165, 1.54) is 32.1 Å². The maximum Gasteiger partial charge on any atom is 0.507 e. The minimum atomic E-state index is -3.72. The van der Waals surface area contributed by atoms with Gasteiger partial charge in [-0.2, -0.15) is 8.15 Å². The highest BCUT2D eigenvalue weighted by atomic mass is 35.5. The average Bonchev–Trinajstić information content (AvgIpc) is 2.36. The molecule has 0 aromatic carbocycles. The van der Waals surface area contributed by atoms with Crippen LogP contribution in [0.1, 0.15) is 58.3 Å². The third kappa shape index (κ3) is 10.3. The van der Waals surface area contributed by atoms with Crippen LogP contribution in [-0.4, -0.2) is 6.61 Å². The van der Waals surface area contributed by atoms with E-state index in [1.807, 2.05) is 0 Å². The van der Waals surface area contributed by atoms with E-state index >= 15 is 0 Å². The number of rotatable bonds is 12. The van der Waals surface area contributed by atoms with Gasteiger partial charge in [0.05, 0.1) is 30.3 Å². The van der Waals surface area contributed by atoms with Crippen molar-refractivity contribution in [2.24, 2.45) is 0 Å². The second-order valence-corrected chi connectivity index (χ2v) is 6.15. The monoisotopic (exact) mass is 306 g/mol. The van der Waals surface area contributed by atoms with Crippen LogP contribution in [0.25, 0.3) is 0 Å². The van der Waals surface area contributed by atoms with Crippen LogP contribution >= 0.6 is 31.6 Å². The lowest BCUT2D eigenvalue weighted by Gasteiger charge is -2.09. The number of halogens is 2. The van der Waals surface area contributed by atoms with Crippen LogP contribution in [-0.2, 0) is 17.2 Å². The predicted octanol–water partition coefficient (Wildman–Crippen LogP) is 5.59. The standard InChI is InChI=1S/C10H21Cl2O4P/c1-2-3-4-5-6-7-8-9-10-14-17(13,15-11)16-12/h2-10H2,1H3. The molecule has 0 aromatic rings. The largest absolute Gasteiger partial charge is 0.507 e. The Morgan fingerprint density at radius 3 is 1.82 bits per heavy atom. The lowest BCUT2D eigenvalue weighted by molar-refractivity contribution is 0.214. The van der Waals surface area contributed by atoms with Gasteiger partial charge in [-0.05, 0) is 6.42 Å². The zero-order chi connectivity index (χ0) is 13.0. The van der Waals surface area contributed by atoms with Crippen molar-refractivity contribution in [2.75, 3.05) is 6.61 Å². The number of phosphoric acid groups is 1. The molecular weight excluding hydrogens is 286 g/mol. The van der Waals surface area contributed by atoms with E-state index in [0.29, 0.717) is 0 Å². The van der Waals surface area contributed by atoms with Crippen molar-refractivity contribution in [3.05, 3.63) is 0 Å². The summed E-state index contributed by atoms with van der Waals surface area (Å²) in [5, 5.41) is 0. The normalized spacial score (nSPS) is 11.9. The predicted molar refractivity (Wildman–Crippen MR) is 70.0 cm³/mol. The van der Waals surface area contributed by atoms with Gasteiger partial charge in [-0.3, -0.25) is 4.52 Å². The molecule has 0 radical (unpaired) electrons. The smallest absolute Gasteiger partial charge is 0.285 e. The van der Waals surface area contributed by atoms with E-state index in [4.69, 9.17) is 28.3 Å². The van der Waals surface area contributed by atoms with Crippen molar-refractivity contribution in [3.63, 3.8) is 0 Å². The summed E-state index contributed by atoms with van der Waals surface area (Å²) in [7, 11) is -3.72. The van der Waals surface area contributed by atoms with Crippen LogP contribution in [0.2, 0.25) is 0 Å². The second kappa shape index (κ2) is 11.8. The summed E-state index contributed by atoms with van der Waals surface area (Å²) in [5.74, 6) is 0. The zero-order valence-corrected chi connectivity index (χ0v) is 12.6. The van der Waals surface area contributed by atoms with Crippen LogP contribution in [0.15, 0.2) is 0 Å². The number of hydrogen-bond donors (Lipinski definition) is 0. The molecule has 0 N–H and O–H groups in total. The van der Waals surface area contributed by atoms with E-state index in [1.54, 1.807) is 0 Å². The van der Waals surface area contributed by atoms with Crippen LogP contribution < -0.4 is 0 Å². The van der Waals surface area contributed by atoms with Gasteiger partial charge in [0, 0.05) is 0 Å². The van der Waals surface area contributed by atoms with Gasteiger partial charge >= 0.3 is 7.82 Å². The molecule has 0 amide bonds. The fraction of sp³-hybridized carbons (Fsp3) is 1.00. The Hall–Kier alpha value is 0.690. The van der Waals surface area contributed by atoms with Gasteiger partial charge < -0.3 is 0 Å². The van der Waals surface area contributed by atoms with Crippen LogP contribution in [0.3, 0.4) is 0 Å². The lowest BCUT2D eigenvalue weighted by Crippen LogP contribution is -1.94. The molecule has 4 nitrogen and oxygen atoms in total. The third-order valence-electron chi connectivity index (χ3n) is 2.42. The molecule has 0 fully saturated rings. The second-order valence-electron chi connectivity index (χ2n) is 3.89. The van der Waals surface area contributed by atoms with Gasteiger partial charge in [0.2, 0.25) is 0 Å². The van der Waals surface area contributed by atoms with E-state index < -0.39 is 7.82 Å². The van der Waals surface area contributed by atoms with Crippen molar-refractivity contribution >= 4 is 31.6 Å². The van der Waals surface area contributed by atoms with Crippen molar-refractivity contribution < 1.29 is 17.2 Å². The molecule has 0 saturated heterocycles. The molecule has 0 aliphatic heterocycles. The Balaban J connectivity index is 3.26. The highest BCUT2D eigenvalue weighted by Gasteiger charge is 2.26. The molecule has 0 saturated carbocycles. The summed E-state index contributed by atoms with van der Waals surface area (Å²) in [6.45, 7) is 2.47. The van der Waals surface area contributed by atoms with E-state index in [9.17, 15) is 4.57 Å². The highest BCUT2D eigenvalue weighted by molar-refractivity contribution is 7.50. The molecule has 0 spiro atoms. The first-order chi connectivity index (χ1) is 8.18. The van der Waals surface area contributed by atoms with Gasteiger partial charge in [-0.1, -0.05) is 51.9 Å². The van der Waals surface area contributed by atoms with Crippen molar-refractivity contribution in [1.29, 1.82) is 0 Å². The molecule has 0 atom stereocenters. The van der Waals surface area contributed by atoms with Crippen molar-refractivity contribution in [1.82, 2.24) is 0 Å². The molecule has 0 aliphatic carbocycles. The Morgan fingerprint density at radius 1 is 0.882 bits per heavy atom. The molecule has 0 unspecified atom stereocenters. The first-order valence-corrected chi connectivity index (χ1v) is 8.11. The first-order valence-electron chi connectivity index (χ1n) is 6.03. The Kier molecular flexibility index (Phi) is 12.2. The van der Waals surface area contributed by atoms with Crippen molar-refractivity contribution in [3.8, 4) is 0 Å². The third-order valence-corrected chi connectivity index (χ3v) is 4.27. The number of unbranched alkanes of at least 4 members (excludes halogenated alkanes) is 7. The molecule has 0 aliphatic rings. The Morgan fingerprint density at radius 2 is 1.35 bits per heavy atom. The summed E-state index contributed by atoms with van der Waals surface area (Å²) >= 11 is 9.84. The average molecular weight is 307 g/mol. The van der Waals surface area contributed by atoms with E-state index in [0.717, 1.165) is 19.3 Å². The van der Waals surface area contributed by atoms with Gasteiger partial charge in [-0.25, -0.2) is 4.57 Å². The van der Waals surface area contributed by atoms with Gasteiger partial charge in [0.1, 0.15) is 0 Å². The fourth-order valence-corrected chi connectivity index (χ4v) is 2.41. The topological polar surface area (TPSA) is 44.8 Å². The fourth-order valence-electron chi connectivity index (χ4n) is 1.46. The van der Waals surface area contributed by atoms with Crippen LogP contribution in [0, 0.1) is 0 Å². The molecule has 17 heavy (non-hydrogen) atoms. The molecule has 0 bridgehead atoms. The molecule has 0 aromatic heterocycles. The maximum absolute atomic E-state index is 11.2. The van der Waals surface area contributed by atoms with Crippen LogP contribution in [0.4, 0.5) is 0 Å². The molecule has 7 heteroatoms. The van der Waals surface area contributed by atoms with E-state index in [-0.39, 0.29) is 6.61 Å². The van der Waals surface area contributed by atoms with Gasteiger partial charge in [-0.15, -0.1) is 0 Å². The molecule has 0 rings (SSSR count). The lowest BCUT2D eigenvalue weighted by atomic mass is 10.1. The first kappa shape index (κ1) is 17.7. The highest BCUT2D eigenvalue weighted by Crippen LogP contribution is 2.51. The summed E-state index contributed by atoms with van der Waals surface area (Å²) in [6, 6.07) is 0. The SMILES string of the molecule is CCCCCCCCCCOP(=O)(OCl)OCl. The van der Waals surface area contributed by atoms with E-state index in [2.05, 4.69) is 15.1 Å². The van der Waals surface area contributed by atoms with Gasteiger partial charge in [0.25, 0.3) is 0 Å². The quantitative estimate of drug-likeness (QED) is 0.348. The summed E-state index contributed by atoms with van der Waals surface area (Å²) < 4.78 is 24.1. The molecule has 0 heterocycles. The summed E-state index contributed by atoms with van der Waals surface area (Å²) in [4.78, 5) is 0. The molecule has 104 valence electrons. The minimum absolute atomic E-state index is 0.270. The Bertz CT molecular complexity index is 208. The van der Waals surface area contributed by atoms with Gasteiger partial charge in [0.15, 0.2) is 0 Å². The minimum Gasteiger partial charge on any atom is -0.285 e. The number of hydrogen-bond acceptors (Lipinski definition) is 4. The Labute approximate surface area is 114 Å². The summed E-state index contributed by atoms with van der Waals surface area (Å²) in [6.07, 6.45) is 9.36. The maximum atomic E-state index is 11.2. The zero-order valence-electron chi connectivity index (χ0n) is 10.2. The van der Waals surface area contributed by atoms with Crippen LogP contribution in [0.5, 0.6) is 0 Å².